The average Bonchev–Trinajstić information content (AvgIpc) is 3.19. The number of benzene rings is 1. The molecule has 0 fully saturated rings. The lowest BCUT2D eigenvalue weighted by Gasteiger charge is -2.25. The minimum Gasteiger partial charge on any atom is -0.345 e. The zero-order valence-corrected chi connectivity index (χ0v) is 22.9. The van der Waals surface area contributed by atoms with Crippen molar-refractivity contribution in [2.45, 2.75) is 51.5 Å². The summed E-state index contributed by atoms with van der Waals surface area (Å²) in [7, 11) is -0.201. The topological polar surface area (TPSA) is 90.0 Å². The fourth-order valence-corrected chi connectivity index (χ4v) is 7.12. The molecule has 0 saturated carbocycles. The summed E-state index contributed by atoms with van der Waals surface area (Å²) >= 11 is 1.45. The van der Waals surface area contributed by atoms with Gasteiger partial charge in [-0.3, -0.25) is 14.5 Å². The highest BCUT2D eigenvalue weighted by molar-refractivity contribution is 7.89. The molecular formula is C25H36N4O4S2. The average molecular weight is 521 g/mol. The van der Waals surface area contributed by atoms with Crippen LogP contribution in [0.2, 0.25) is 0 Å². The van der Waals surface area contributed by atoms with Crippen LogP contribution in [-0.2, 0) is 23.0 Å². The number of thiophene rings is 1. The number of nitrogens with one attached hydrogen (secondary N) is 1. The second kappa shape index (κ2) is 11.6. The molecule has 1 aromatic heterocycles. The number of carbonyl (C=O) groups excluding carboxylic acids is 2. The highest BCUT2D eigenvalue weighted by atomic mass is 32.2. The second-order valence-corrected chi connectivity index (χ2v) is 12.0. The quantitative estimate of drug-likeness (QED) is 0.513. The van der Waals surface area contributed by atoms with Gasteiger partial charge in [-0.15, -0.1) is 11.3 Å². The molecule has 1 aliphatic rings. The number of hydrogen-bond acceptors (Lipinski definition) is 6. The van der Waals surface area contributed by atoms with Crippen LogP contribution in [0.1, 0.15) is 64.8 Å². The Balaban J connectivity index is 1.86. The summed E-state index contributed by atoms with van der Waals surface area (Å²) in [6.45, 7) is 9.49. The van der Waals surface area contributed by atoms with E-state index in [1.807, 2.05) is 13.8 Å². The number of carbonyl (C=O) groups is 2. The third kappa shape index (κ3) is 5.94. The molecule has 0 spiro atoms. The number of rotatable bonds is 10. The fraction of sp³-hybridized carbons (Fsp3) is 0.520. The first-order valence-corrected chi connectivity index (χ1v) is 14.4. The molecule has 192 valence electrons. The molecule has 1 aliphatic heterocycles. The van der Waals surface area contributed by atoms with Gasteiger partial charge in [-0.1, -0.05) is 20.8 Å². The van der Waals surface area contributed by atoms with E-state index in [-0.39, 0.29) is 16.7 Å². The molecule has 0 saturated heterocycles. The third-order valence-electron chi connectivity index (χ3n) is 6.13. The monoisotopic (exact) mass is 520 g/mol. The standard InChI is InChI=1S/C25H36N4O4S2/c1-6-14-29(15-7-2)35(32,33)19-11-9-18(10-12-19)23(30)26-24-22(25(31)27(4)5)20-13-16-28(8-3)17-21(20)34-24/h9-12H,6-8,13-17H2,1-5H3,(H,26,30). The van der Waals surface area contributed by atoms with Crippen LogP contribution in [-0.4, -0.2) is 74.6 Å². The summed E-state index contributed by atoms with van der Waals surface area (Å²) in [4.78, 5) is 31.2. The molecule has 3 rings (SSSR count). The molecule has 0 radical (unpaired) electrons. The number of hydrogen-bond donors (Lipinski definition) is 1. The number of fused-ring (bicyclic) bond motifs is 1. The maximum absolute atomic E-state index is 13.1. The van der Waals surface area contributed by atoms with Gasteiger partial charge in [-0.25, -0.2) is 8.42 Å². The lowest BCUT2D eigenvalue weighted by atomic mass is 10.0. The predicted octanol–water partition coefficient (Wildman–Crippen LogP) is 3.89. The summed E-state index contributed by atoms with van der Waals surface area (Å²) in [5.41, 5.74) is 1.92. The molecule has 2 aromatic rings. The van der Waals surface area contributed by atoms with E-state index in [1.165, 1.54) is 44.8 Å². The Morgan fingerprint density at radius 2 is 1.69 bits per heavy atom. The lowest BCUT2D eigenvalue weighted by molar-refractivity contribution is 0.0827. The van der Waals surface area contributed by atoms with Gasteiger partial charge >= 0.3 is 0 Å². The maximum atomic E-state index is 13.1. The van der Waals surface area contributed by atoms with Crippen molar-refractivity contribution in [2.24, 2.45) is 0 Å². The summed E-state index contributed by atoms with van der Waals surface area (Å²) in [6.07, 6.45) is 2.23. The molecule has 0 aliphatic carbocycles. The van der Waals surface area contributed by atoms with Crippen molar-refractivity contribution in [1.29, 1.82) is 0 Å². The number of amides is 2. The van der Waals surface area contributed by atoms with Crippen LogP contribution in [0.4, 0.5) is 5.00 Å². The van der Waals surface area contributed by atoms with Gasteiger partial charge in [0.05, 0.1) is 10.5 Å². The molecule has 0 bridgehead atoms. The molecule has 0 atom stereocenters. The number of likely N-dealkylation sites (N-methyl/N-ethyl adjacent to an activating group) is 1. The Hall–Kier alpha value is -2.27. The van der Waals surface area contributed by atoms with Crippen molar-refractivity contribution in [2.75, 3.05) is 45.6 Å². The van der Waals surface area contributed by atoms with Crippen LogP contribution in [0.25, 0.3) is 0 Å². The molecule has 1 aromatic carbocycles. The fourth-order valence-electron chi connectivity index (χ4n) is 4.22. The van der Waals surface area contributed by atoms with E-state index in [0.29, 0.717) is 29.2 Å². The van der Waals surface area contributed by atoms with Crippen LogP contribution in [0.3, 0.4) is 0 Å². The third-order valence-corrected chi connectivity index (χ3v) is 9.18. The highest BCUT2D eigenvalue weighted by Crippen LogP contribution is 2.38. The molecule has 1 N–H and O–H groups in total. The molecule has 10 heteroatoms. The molecule has 0 unspecified atom stereocenters. The molecule has 35 heavy (non-hydrogen) atoms. The first kappa shape index (κ1) is 27.3. The maximum Gasteiger partial charge on any atom is 0.256 e. The van der Waals surface area contributed by atoms with E-state index in [1.54, 1.807) is 14.1 Å². The van der Waals surface area contributed by atoms with E-state index in [9.17, 15) is 18.0 Å². The van der Waals surface area contributed by atoms with Crippen molar-refractivity contribution in [3.8, 4) is 0 Å². The van der Waals surface area contributed by atoms with Gasteiger partial charge in [0.15, 0.2) is 0 Å². The predicted molar refractivity (Wildman–Crippen MR) is 141 cm³/mol. The van der Waals surface area contributed by atoms with Crippen molar-refractivity contribution in [1.82, 2.24) is 14.1 Å². The van der Waals surface area contributed by atoms with Crippen molar-refractivity contribution >= 4 is 38.2 Å². The van der Waals surface area contributed by atoms with Crippen molar-refractivity contribution < 1.29 is 18.0 Å². The molecule has 8 nitrogen and oxygen atoms in total. The van der Waals surface area contributed by atoms with Gasteiger partial charge < -0.3 is 10.2 Å². The van der Waals surface area contributed by atoms with E-state index in [2.05, 4.69) is 17.1 Å². The Morgan fingerprint density at radius 3 is 2.23 bits per heavy atom. The Morgan fingerprint density at radius 1 is 1.06 bits per heavy atom. The van der Waals surface area contributed by atoms with E-state index in [4.69, 9.17) is 0 Å². The smallest absolute Gasteiger partial charge is 0.256 e. The van der Waals surface area contributed by atoms with E-state index in [0.717, 1.165) is 49.3 Å². The largest absolute Gasteiger partial charge is 0.345 e. The zero-order chi connectivity index (χ0) is 25.8. The van der Waals surface area contributed by atoms with Crippen molar-refractivity contribution in [3.63, 3.8) is 0 Å². The summed E-state index contributed by atoms with van der Waals surface area (Å²) in [5.74, 6) is -0.497. The zero-order valence-electron chi connectivity index (χ0n) is 21.3. The van der Waals surface area contributed by atoms with Gasteiger partial charge in [0, 0.05) is 50.7 Å². The Bertz CT molecular complexity index is 1150. The lowest BCUT2D eigenvalue weighted by Crippen LogP contribution is -2.32. The minimum absolute atomic E-state index is 0.129. The number of sulfonamides is 1. The first-order chi connectivity index (χ1) is 16.6. The number of anilines is 1. The minimum atomic E-state index is -3.62. The van der Waals surface area contributed by atoms with Crippen molar-refractivity contribution in [3.05, 3.63) is 45.8 Å². The Kier molecular flexibility index (Phi) is 9.09. The van der Waals surface area contributed by atoms with Gasteiger partial charge in [0.1, 0.15) is 5.00 Å². The molecule has 2 amide bonds. The van der Waals surface area contributed by atoms with Gasteiger partial charge in [-0.2, -0.15) is 4.31 Å². The van der Waals surface area contributed by atoms with Crippen LogP contribution in [0.5, 0.6) is 0 Å². The second-order valence-electron chi connectivity index (χ2n) is 8.91. The Labute approximate surface area is 213 Å². The van der Waals surface area contributed by atoms with Gasteiger partial charge in [0.2, 0.25) is 10.0 Å². The number of nitrogens with zero attached hydrogens (tertiary/aromatic N) is 3. The molecule has 2 heterocycles. The molecular weight excluding hydrogens is 484 g/mol. The van der Waals surface area contributed by atoms with E-state index >= 15 is 0 Å². The SMILES string of the molecule is CCCN(CCC)S(=O)(=O)c1ccc(C(=O)Nc2sc3c(c2C(=O)N(C)C)CCN(CC)C3)cc1. The van der Waals surface area contributed by atoms with Crippen LogP contribution < -0.4 is 5.32 Å². The van der Waals surface area contributed by atoms with E-state index < -0.39 is 10.0 Å². The van der Waals surface area contributed by atoms with Gasteiger partial charge in [0.25, 0.3) is 11.8 Å². The summed E-state index contributed by atoms with van der Waals surface area (Å²) < 4.78 is 27.5. The van der Waals surface area contributed by atoms with Crippen LogP contribution in [0.15, 0.2) is 29.2 Å². The first-order valence-electron chi connectivity index (χ1n) is 12.1. The van der Waals surface area contributed by atoms with Crippen LogP contribution in [0, 0.1) is 0 Å². The normalized spacial score (nSPS) is 14.1. The summed E-state index contributed by atoms with van der Waals surface area (Å²) in [6, 6.07) is 6.01. The van der Waals surface area contributed by atoms with Crippen LogP contribution >= 0.6 is 11.3 Å². The summed E-state index contributed by atoms with van der Waals surface area (Å²) in [5, 5.41) is 3.47. The highest BCUT2D eigenvalue weighted by Gasteiger charge is 2.29. The van der Waals surface area contributed by atoms with Gasteiger partial charge in [-0.05, 0) is 55.6 Å².